The van der Waals surface area contributed by atoms with Crippen LogP contribution in [0.2, 0.25) is 5.02 Å². The Morgan fingerprint density at radius 3 is 2.49 bits per heavy atom. The van der Waals surface area contributed by atoms with E-state index in [-0.39, 0.29) is 10.6 Å². The summed E-state index contributed by atoms with van der Waals surface area (Å²) < 4.78 is 47.0. The van der Waals surface area contributed by atoms with Gasteiger partial charge in [0.15, 0.2) is 5.54 Å². The maximum atomic E-state index is 15.4. The second-order valence-electron chi connectivity index (χ2n) is 11.9. The van der Waals surface area contributed by atoms with Gasteiger partial charge in [-0.05, 0) is 66.9 Å². The molecule has 0 bridgehead atoms. The summed E-state index contributed by atoms with van der Waals surface area (Å²) in [6.45, 7) is 4.85. The van der Waals surface area contributed by atoms with Crippen LogP contribution in [-0.2, 0) is 26.9 Å². The molecule has 2 fully saturated rings. The topological polar surface area (TPSA) is 117 Å². The summed E-state index contributed by atoms with van der Waals surface area (Å²) >= 11 is 6.66. The molecule has 2 saturated heterocycles. The van der Waals surface area contributed by atoms with Crippen molar-refractivity contribution >= 4 is 33.2 Å². The lowest BCUT2D eigenvalue weighted by atomic mass is 9.80. The number of oxazole rings is 1. The normalized spacial score (nSPS) is 22.1. The standard InChI is InChI=1S/C34H36ClN5O6S/c1-44-25-7-9-26(10-8-25)47(42,43)40-29-12-6-24(35)21-28(29)34(33(40)41,39-16-3-4-30(39)32-37-15-19-46-32)27-11-5-23(20-31(27)45-2)22-38-17-13-36-14-18-38/h5-12,15,19-21,30,36H,3-4,13-14,16-18,22H2,1-2H3. The number of halogens is 1. The number of anilines is 1. The second kappa shape index (κ2) is 12.6. The van der Waals surface area contributed by atoms with Crippen LogP contribution in [0.5, 0.6) is 11.5 Å². The summed E-state index contributed by atoms with van der Waals surface area (Å²) in [6.07, 6.45) is 4.46. The molecule has 7 rings (SSSR count). The van der Waals surface area contributed by atoms with Crippen LogP contribution >= 0.6 is 11.6 Å². The summed E-state index contributed by atoms with van der Waals surface area (Å²) in [7, 11) is -1.33. The van der Waals surface area contributed by atoms with Crippen LogP contribution in [0.1, 0.15) is 41.5 Å². The highest BCUT2D eigenvalue weighted by Crippen LogP contribution is 2.56. The highest BCUT2D eigenvalue weighted by molar-refractivity contribution is 7.93. The van der Waals surface area contributed by atoms with Gasteiger partial charge in [-0.3, -0.25) is 14.6 Å². The summed E-state index contributed by atoms with van der Waals surface area (Å²) in [4.78, 5) is 24.2. The predicted molar refractivity (Wildman–Crippen MR) is 176 cm³/mol. The Morgan fingerprint density at radius 2 is 1.79 bits per heavy atom. The fourth-order valence-corrected chi connectivity index (χ4v) is 8.85. The first-order valence-electron chi connectivity index (χ1n) is 15.6. The Bertz CT molecular complexity index is 1880. The van der Waals surface area contributed by atoms with E-state index in [0.29, 0.717) is 53.0 Å². The molecule has 0 aliphatic carbocycles. The quantitative estimate of drug-likeness (QED) is 0.270. The lowest BCUT2D eigenvalue weighted by Crippen LogP contribution is -2.54. The largest absolute Gasteiger partial charge is 0.497 e. The van der Waals surface area contributed by atoms with E-state index in [0.717, 1.165) is 42.5 Å². The molecular weight excluding hydrogens is 642 g/mol. The lowest BCUT2D eigenvalue weighted by Gasteiger charge is -2.41. The van der Waals surface area contributed by atoms with Crippen LogP contribution < -0.4 is 19.1 Å². The molecule has 246 valence electrons. The van der Waals surface area contributed by atoms with Crippen molar-refractivity contribution in [1.29, 1.82) is 0 Å². The van der Waals surface area contributed by atoms with E-state index in [4.69, 9.17) is 25.5 Å². The number of hydrogen-bond acceptors (Lipinski definition) is 10. The molecule has 0 radical (unpaired) electrons. The number of amides is 1. The molecule has 13 heteroatoms. The molecule has 3 aliphatic heterocycles. The first-order chi connectivity index (χ1) is 22.8. The minimum atomic E-state index is -4.40. The maximum Gasteiger partial charge on any atom is 0.271 e. The van der Waals surface area contributed by atoms with Crippen LogP contribution in [0, 0.1) is 0 Å². The van der Waals surface area contributed by atoms with Crippen molar-refractivity contribution < 1.29 is 27.1 Å². The molecule has 4 heterocycles. The molecule has 4 aromatic rings. The first kappa shape index (κ1) is 31.6. The van der Waals surface area contributed by atoms with E-state index in [1.165, 1.54) is 25.5 Å². The number of sulfonamides is 1. The van der Waals surface area contributed by atoms with Crippen molar-refractivity contribution in [2.75, 3.05) is 51.2 Å². The fraction of sp³-hybridized carbons (Fsp3) is 0.353. The number of methoxy groups -OCH3 is 2. The number of fused-ring (bicyclic) bond motifs is 1. The summed E-state index contributed by atoms with van der Waals surface area (Å²) in [6, 6.07) is 16.3. The van der Waals surface area contributed by atoms with Crippen LogP contribution in [0.4, 0.5) is 5.69 Å². The molecule has 1 N–H and O–H groups in total. The zero-order valence-electron chi connectivity index (χ0n) is 26.2. The highest BCUT2D eigenvalue weighted by Gasteiger charge is 2.62. The van der Waals surface area contributed by atoms with E-state index in [1.807, 2.05) is 23.1 Å². The Balaban J connectivity index is 1.45. The maximum absolute atomic E-state index is 15.4. The third-order valence-electron chi connectivity index (χ3n) is 9.35. The number of aromatic nitrogens is 1. The molecule has 11 nitrogen and oxygen atoms in total. The van der Waals surface area contributed by atoms with Crippen LogP contribution in [0.3, 0.4) is 0 Å². The number of hydrogen-bond donors (Lipinski definition) is 1. The minimum absolute atomic E-state index is 0.0487. The van der Waals surface area contributed by atoms with Gasteiger partial charge in [0, 0.05) is 55.4 Å². The zero-order chi connectivity index (χ0) is 32.8. The Kier molecular flexibility index (Phi) is 8.48. The van der Waals surface area contributed by atoms with E-state index in [2.05, 4.69) is 15.2 Å². The number of rotatable bonds is 9. The van der Waals surface area contributed by atoms with Gasteiger partial charge in [-0.1, -0.05) is 23.7 Å². The number of carbonyl (C=O) groups is 1. The van der Waals surface area contributed by atoms with E-state index in [1.54, 1.807) is 43.6 Å². The van der Waals surface area contributed by atoms with Crippen molar-refractivity contribution in [2.24, 2.45) is 0 Å². The molecule has 1 aromatic heterocycles. The Hall–Kier alpha value is -3.94. The fourth-order valence-electron chi connectivity index (χ4n) is 7.22. The van der Waals surface area contributed by atoms with Gasteiger partial charge in [-0.25, -0.2) is 17.7 Å². The Morgan fingerprint density at radius 1 is 1.00 bits per heavy atom. The van der Waals surface area contributed by atoms with Crippen molar-refractivity contribution in [3.05, 3.63) is 101 Å². The average molecular weight is 678 g/mol. The Labute approximate surface area is 279 Å². The van der Waals surface area contributed by atoms with Gasteiger partial charge in [0.2, 0.25) is 5.89 Å². The van der Waals surface area contributed by atoms with Gasteiger partial charge in [-0.15, -0.1) is 0 Å². The molecule has 3 aliphatic rings. The third kappa shape index (κ3) is 5.28. The summed E-state index contributed by atoms with van der Waals surface area (Å²) in [5.74, 6) is 0.759. The van der Waals surface area contributed by atoms with Gasteiger partial charge < -0.3 is 19.2 Å². The van der Waals surface area contributed by atoms with Crippen LogP contribution in [-0.4, -0.2) is 76.1 Å². The molecule has 47 heavy (non-hydrogen) atoms. The number of benzene rings is 3. The van der Waals surface area contributed by atoms with Crippen molar-refractivity contribution in [2.45, 2.75) is 35.9 Å². The molecule has 1 amide bonds. The third-order valence-corrected chi connectivity index (χ3v) is 11.3. The van der Waals surface area contributed by atoms with Crippen molar-refractivity contribution in [3.8, 4) is 11.5 Å². The summed E-state index contributed by atoms with van der Waals surface area (Å²) in [5, 5.41) is 3.75. The van der Waals surface area contributed by atoms with Gasteiger partial charge in [0.25, 0.3) is 15.9 Å². The van der Waals surface area contributed by atoms with E-state index < -0.39 is 27.5 Å². The van der Waals surface area contributed by atoms with Crippen molar-refractivity contribution in [3.63, 3.8) is 0 Å². The number of nitrogens with one attached hydrogen (secondary N) is 1. The highest BCUT2D eigenvalue weighted by atomic mass is 35.5. The molecule has 0 spiro atoms. The van der Waals surface area contributed by atoms with Crippen molar-refractivity contribution in [1.82, 2.24) is 20.1 Å². The lowest BCUT2D eigenvalue weighted by molar-refractivity contribution is -0.127. The van der Waals surface area contributed by atoms with E-state index in [9.17, 15) is 8.42 Å². The number of nitrogens with zero attached hydrogens (tertiary/aromatic N) is 4. The number of carbonyl (C=O) groups excluding carboxylic acids is 1. The number of piperazine rings is 1. The van der Waals surface area contributed by atoms with Gasteiger partial charge in [-0.2, -0.15) is 0 Å². The molecule has 0 saturated carbocycles. The predicted octanol–water partition coefficient (Wildman–Crippen LogP) is 4.57. The average Bonchev–Trinajstić information content (AvgIpc) is 3.84. The minimum Gasteiger partial charge on any atom is -0.497 e. The van der Waals surface area contributed by atoms with Gasteiger partial charge in [0.05, 0.1) is 37.0 Å². The molecule has 2 atom stereocenters. The van der Waals surface area contributed by atoms with Gasteiger partial charge >= 0.3 is 0 Å². The summed E-state index contributed by atoms with van der Waals surface area (Å²) in [5.41, 5.74) is 0.559. The van der Waals surface area contributed by atoms with Gasteiger partial charge in [0.1, 0.15) is 17.8 Å². The van der Waals surface area contributed by atoms with E-state index >= 15 is 4.79 Å². The molecule has 2 unspecified atom stereocenters. The second-order valence-corrected chi connectivity index (χ2v) is 14.1. The zero-order valence-corrected chi connectivity index (χ0v) is 27.8. The monoisotopic (exact) mass is 677 g/mol. The first-order valence-corrected chi connectivity index (χ1v) is 17.4. The smallest absolute Gasteiger partial charge is 0.271 e. The van der Waals surface area contributed by atoms with Crippen LogP contribution in [0.15, 0.2) is 82.4 Å². The molecule has 3 aromatic carbocycles. The SMILES string of the molecule is COc1ccc(S(=O)(=O)N2C(=O)C(c3ccc(CN4CCNCC4)cc3OC)(N3CCCC3c3ncco3)c3cc(Cl)ccc32)cc1. The molecular formula is C34H36ClN5O6S. The number of ether oxygens (including phenoxy) is 2. The van der Waals surface area contributed by atoms with Crippen LogP contribution in [0.25, 0.3) is 0 Å². The number of likely N-dealkylation sites (tertiary alicyclic amines) is 1.